The molecule has 0 aliphatic carbocycles. The summed E-state index contributed by atoms with van der Waals surface area (Å²) in [5.41, 5.74) is 2.28. The van der Waals surface area contributed by atoms with Crippen LogP contribution in [0.25, 0.3) is 5.69 Å². The number of thioether (sulfide) groups is 1. The molecule has 0 bridgehead atoms. The van der Waals surface area contributed by atoms with E-state index in [1.54, 1.807) is 11.1 Å². The average molecular weight is 382 g/mol. The molecule has 1 heterocycles. The summed E-state index contributed by atoms with van der Waals surface area (Å²) in [6.45, 7) is 4.99. The monoisotopic (exact) mass is 381 g/mol. The van der Waals surface area contributed by atoms with Crippen LogP contribution in [0.5, 0.6) is 0 Å². The zero-order chi connectivity index (χ0) is 19.6. The van der Waals surface area contributed by atoms with Crippen molar-refractivity contribution in [1.29, 1.82) is 10.5 Å². The number of nitriles is 2. The van der Waals surface area contributed by atoms with Gasteiger partial charge in [-0.15, -0.1) is 0 Å². The maximum absolute atomic E-state index is 12.5. The Labute approximate surface area is 164 Å². The summed E-state index contributed by atoms with van der Waals surface area (Å²) in [5, 5.41) is 18.3. The van der Waals surface area contributed by atoms with Crippen LogP contribution in [0, 0.1) is 22.7 Å². The van der Waals surface area contributed by atoms with Crippen LogP contribution in [0.4, 0.5) is 0 Å². The van der Waals surface area contributed by atoms with Crippen molar-refractivity contribution in [3.05, 3.63) is 42.2 Å². The minimum absolute atomic E-state index is 0.0859. The number of imidazole rings is 1. The first-order chi connectivity index (χ1) is 13.1. The largest absolute Gasteiger partial charge is 0.340 e. The normalized spacial score (nSPS) is 10.4. The van der Waals surface area contributed by atoms with Crippen molar-refractivity contribution in [1.82, 2.24) is 14.5 Å². The highest BCUT2D eigenvalue weighted by Gasteiger charge is 2.16. The van der Waals surface area contributed by atoms with Gasteiger partial charge in [-0.25, -0.2) is 4.98 Å². The molecule has 0 spiro atoms. The Morgan fingerprint density at radius 1 is 1.22 bits per heavy atom. The lowest BCUT2D eigenvalue weighted by Crippen LogP contribution is -2.34. The van der Waals surface area contributed by atoms with Crippen molar-refractivity contribution in [3.8, 4) is 17.8 Å². The molecule has 1 aromatic heterocycles. The van der Waals surface area contributed by atoms with E-state index in [2.05, 4.69) is 31.0 Å². The first-order valence-electron chi connectivity index (χ1n) is 8.85. The second-order valence-electron chi connectivity index (χ2n) is 6.28. The van der Waals surface area contributed by atoms with Gasteiger partial charge in [0.1, 0.15) is 0 Å². The molecular weight excluding hydrogens is 358 g/mol. The van der Waals surface area contributed by atoms with Gasteiger partial charge < -0.3 is 4.90 Å². The smallest absolute Gasteiger partial charge is 0.233 e. The Hall–Kier alpha value is -2.77. The topological polar surface area (TPSA) is 85.7 Å². The third-order valence-electron chi connectivity index (χ3n) is 4.09. The summed E-state index contributed by atoms with van der Waals surface area (Å²) in [6.07, 6.45) is 4.15. The molecule has 0 atom stereocenters. The van der Waals surface area contributed by atoms with Crippen LogP contribution in [0.15, 0.2) is 41.8 Å². The number of hydrogen-bond acceptors (Lipinski definition) is 5. The van der Waals surface area contributed by atoms with Crippen LogP contribution >= 0.6 is 11.8 Å². The van der Waals surface area contributed by atoms with E-state index in [9.17, 15) is 4.79 Å². The predicted octanol–water partition coefficient (Wildman–Crippen LogP) is 3.74. The molecule has 1 aromatic carbocycles. The van der Waals surface area contributed by atoms with E-state index in [0.29, 0.717) is 19.0 Å². The highest BCUT2D eigenvalue weighted by molar-refractivity contribution is 7.99. The lowest BCUT2D eigenvalue weighted by Gasteiger charge is -2.20. The summed E-state index contributed by atoms with van der Waals surface area (Å²) in [7, 11) is 0. The van der Waals surface area contributed by atoms with Crippen LogP contribution in [-0.4, -0.2) is 39.2 Å². The van der Waals surface area contributed by atoms with Crippen molar-refractivity contribution >= 4 is 17.7 Å². The minimum Gasteiger partial charge on any atom is -0.340 e. The van der Waals surface area contributed by atoms with E-state index in [-0.39, 0.29) is 24.5 Å². The van der Waals surface area contributed by atoms with Crippen LogP contribution in [0.1, 0.15) is 38.2 Å². The fourth-order valence-electron chi connectivity index (χ4n) is 2.72. The zero-order valence-electron chi connectivity index (χ0n) is 15.6. The van der Waals surface area contributed by atoms with Crippen molar-refractivity contribution in [3.63, 3.8) is 0 Å². The van der Waals surface area contributed by atoms with E-state index in [1.807, 2.05) is 35.0 Å². The quantitative estimate of drug-likeness (QED) is 0.618. The number of rotatable bonds is 9. The van der Waals surface area contributed by atoms with Gasteiger partial charge in [0.05, 0.1) is 36.4 Å². The fraction of sp³-hybridized carbons (Fsp3) is 0.400. The minimum atomic E-state index is -0.0859. The SMILES string of the molecule is CC(C)c1ccccc1-n1ccnc1SCC(=O)N(CCC#N)CCC#N. The van der Waals surface area contributed by atoms with E-state index >= 15 is 0 Å². The maximum atomic E-state index is 12.5. The van der Waals surface area contributed by atoms with Crippen LogP contribution < -0.4 is 0 Å². The Balaban J connectivity index is 2.12. The molecule has 0 saturated heterocycles. The molecule has 2 rings (SSSR count). The van der Waals surface area contributed by atoms with Gasteiger partial charge in [-0.1, -0.05) is 43.8 Å². The molecule has 0 N–H and O–H groups in total. The predicted molar refractivity (Wildman–Crippen MR) is 105 cm³/mol. The molecular formula is C20H23N5OS. The molecule has 27 heavy (non-hydrogen) atoms. The van der Waals surface area contributed by atoms with Crippen LogP contribution in [0.3, 0.4) is 0 Å². The fourth-order valence-corrected chi connectivity index (χ4v) is 3.59. The Morgan fingerprint density at radius 3 is 2.52 bits per heavy atom. The second-order valence-corrected chi connectivity index (χ2v) is 7.22. The molecule has 7 heteroatoms. The molecule has 2 aromatic rings. The van der Waals surface area contributed by atoms with Gasteiger partial charge in [0.2, 0.25) is 5.91 Å². The summed E-state index contributed by atoms with van der Waals surface area (Å²) in [4.78, 5) is 18.5. The average Bonchev–Trinajstić information content (AvgIpc) is 3.14. The van der Waals surface area contributed by atoms with E-state index < -0.39 is 0 Å². The highest BCUT2D eigenvalue weighted by Crippen LogP contribution is 2.27. The Kier molecular flexibility index (Phi) is 7.91. The summed E-state index contributed by atoms with van der Waals surface area (Å²) in [5.74, 6) is 0.505. The van der Waals surface area contributed by atoms with Crippen molar-refractivity contribution < 1.29 is 4.79 Å². The molecule has 0 fully saturated rings. The lowest BCUT2D eigenvalue weighted by molar-refractivity contribution is -0.128. The van der Waals surface area contributed by atoms with E-state index in [4.69, 9.17) is 10.5 Å². The molecule has 0 radical (unpaired) electrons. The number of hydrogen-bond donors (Lipinski definition) is 0. The third kappa shape index (κ3) is 5.60. The number of carbonyl (C=O) groups excluding carboxylic acids is 1. The molecule has 6 nitrogen and oxygen atoms in total. The summed E-state index contributed by atoms with van der Waals surface area (Å²) in [6, 6.07) is 12.3. The standard InChI is InChI=1S/C20H23N5OS/c1-16(2)17-7-3-4-8-18(17)25-14-11-23-20(25)27-15-19(26)24(12-5-9-21)13-6-10-22/h3-4,7-8,11,14,16H,5-6,12-13,15H2,1-2H3. The molecule has 0 aliphatic rings. The Bertz CT molecular complexity index is 829. The van der Waals surface area contributed by atoms with Gasteiger partial charge in [0.25, 0.3) is 0 Å². The van der Waals surface area contributed by atoms with E-state index in [1.165, 1.54) is 17.3 Å². The van der Waals surface area contributed by atoms with Crippen molar-refractivity contribution in [2.45, 2.75) is 37.8 Å². The number of aromatic nitrogens is 2. The van der Waals surface area contributed by atoms with Crippen LogP contribution in [0.2, 0.25) is 0 Å². The van der Waals surface area contributed by atoms with Gasteiger partial charge in [-0.2, -0.15) is 10.5 Å². The second kappa shape index (κ2) is 10.4. The number of amides is 1. The first kappa shape index (κ1) is 20.5. The van der Waals surface area contributed by atoms with Gasteiger partial charge >= 0.3 is 0 Å². The summed E-state index contributed by atoms with van der Waals surface area (Å²) >= 11 is 1.37. The molecule has 0 aliphatic heterocycles. The molecule has 0 unspecified atom stereocenters. The summed E-state index contributed by atoms with van der Waals surface area (Å²) < 4.78 is 2.00. The van der Waals surface area contributed by atoms with Gasteiger partial charge in [0, 0.05) is 25.5 Å². The first-order valence-corrected chi connectivity index (χ1v) is 9.84. The number of para-hydroxylation sites is 1. The number of nitrogens with zero attached hydrogens (tertiary/aromatic N) is 5. The zero-order valence-corrected chi connectivity index (χ0v) is 16.4. The van der Waals surface area contributed by atoms with Gasteiger partial charge in [-0.3, -0.25) is 9.36 Å². The maximum Gasteiger partial charge on any atom is 0.233 e. The van der Waals surface area contributed by atoms with Gasteiger partial charge in [0.15, 0.2) is 5.16 Å². The molecule has 1 amide bonds. The highest BCUT2D eigenvalue weighted by atomic mass is 32.2. The van der Waals surface area contributed by atoms with Crippen LogP contribution in [-0.2, 0) is 4.79 Å². The van der Waals surface area contributed by atoms with Crippen molar-refractivity contribution in [2.75, 3.05) is 18.8 Å². The molecule has 140 valence electrons. The Morgan fingerprint density at radius 2 is 1.89 bits per heavy atom. The van der Waals surface area contributed by atoms with Crippen molar-refractivity contribution in [2.24, 2.45) is 0 Å². The lowest BCUT2D eigenvalue weighted by atomic mass is 10.0. The van der Waals surface area contributed by atoms with E-state index in [0.717, 1.165) is 10.8 Å². The number of benzene rings is 1. The van der Waals surface area contributed by atoms with Gasteiger partial charge in [-0.05, 0) is 17.5 Å². The number of carbonyl (C=O) groups is 1. The molecule has 0 saturated carbocycles. The third-order valence-corrected chi connectivity index (χ3v) is 5.04.